The Morgan fingerprint density at radius 2 is 1.72 bits per heavy atom. The molecule has 0 aromatic heterocycles. The summed E-state index contributed by atoms with van der Waals surface area (Å²) in [6, 6.07) is 7.39. The lowest BCUT2D eigenvalue weighted by atomic mass is 10.1. The molecule has 0 aliphatic carbocycles. The normalized spacial score (nSPS) is 16.8. The van der Waals surface area contributed by atoms with Gasteiger partial charge >= 0.3 is 11.3 Å². The highest BCUT2D eigenvalue weighted by Crippen LogP contribution is 2.38. The van der Waals surface area contributed by atoms with Crippen LogP contribution in [0.3, 0.4) is 0 Å². The molecule has 0 aliphatic heterocycles. The summed E-state index contributed by atoms with van der Waals surface area (Å²) >= 11 is 4.59. The van der Waals surface area contributed by atoms with E-state index in [0.717, 1.165) is 0 Å². The Morgan fingerprint density at radius 3 is 2.17 bits per heavy atom. The van der Waals surface area contributed by atoms with Gasteiger partial charge in [0.15, 0.2) is 0 Å². The number of benzene rings is 1. The molecule has 0 fully saturated rings. The number of amides is 1. The fraction of sp³-hybridized carbons (Fsp3) is 0.364. The predicted octanol–water partition coefficient (Wildman–Crippen LogP) is 3.33. The first kappa shape index (κ1) is 14.8. The van der Waals surface area contributed by atoms with Crippen LogP contribution in [-0.4, -0.2) is 17.2 Å². The van der Waals surface area contributed by atoms with E-state index in [1.165, 1.54) is 6.92 Å². The van der Waals surface area contributed by atoms with E-state index in [4.69, 9.17) is 0 Å². The lowest BCUT2D eigenvalue weighted by molar-refractivity contribution is -0.201. The van der Waals surface area contributed by atoms with E-state index < -0.39 is 23.3 Å². The molecule has 0 heterocycles. The Hall–Kier alpha value is -1.30. The molecule has 1 N–H and O–H groups in total. The minimum absolute atomic E-state index is 0.542. The second-order valence-electron chi connectivity index (χ2n) is 3.68. The van der Waals surface area contributed by atoms with Crippen LogP contribution in [0.2, 0.25) is 0 Å². The molecule has 0 aliphatic rings. The number of halogens is 5. The Bertz CT molecular complexity index is 419. The van der Waals surface area contributed by atoms with E-state index in [1.807, 2.05) is 5.32 Å². The van der Waals surface area contributed by atoms with Gasteiger partial charge in [0.25, 0.3) is 5.91 Å². The van der Waals surface area contributed by atoms with Crippen molar-refractivity contribution in [2.45, 2.75) is 24.3 Å². The van der Waals surface area contributed by atoms with Gasteiger partial charge in [0.1, 0.15) is 0 Å². The first-order chi connectivity index (χ1) is 8.16. The number of rotatable bonds is 3. The highest BCUT2D eigenvalue weighted by molar-refractivity contribution is 6.34. The first-order valence-corrected chi connectivity index (χ1v) is 5.34. The van der Waals surface area contributed by atoms with Crippen molar-refractivity contribution in [2.75, 3.05) is 0 Å². The average Bonchev–Trinajstić information content (AvgIpc) is 2.28. The molecule has 0 saturated carbocycles. The molecule has 1 aromatic rings. The van der Waals surface area contributed by atoms with Crippen LogP contribution in [0.1, 0.15) is 18.5 Å². The van der Waals surface area contributed by atoms with Gasteiger partial charge in [-0.25, -0.2) is 4.39 Å². The van der Waals surface area contributed by atoms with E-state index >= 15 is 0 Å². The Labute approximate surface area is 106 Å². The number of carbonyl (C=O) groups excluding carboxylic acids is 1. The highest BCUT2D eigenvalue weighted by Gasteiger charge is 2.61. The van der Waals surface area contributed by atoms with Crippen LogP contribution in [0.5, 0.6) is 0 Å². The standard InChI is InChI=1S/C11H10ClF4NO/c1-7(8-5-3-2-4-6-8)17-9(18)10(12,13)11(14,15)16/h2-7H,1H3,(H,17,18)/t7-,10+/m0/s1. The third kappa shape index (κ3) is 3.13. The maximum atomic E-state index is 13.1. The van der Waals surface area contributed by atoms with Crippen LogP contribution in [0.15, 0.2) is 30.3 Å². The molecule has 1 aromatic carbocycles. The number of alkyl halides is 5. The van der Waals surface area contributed by atoms with Crippen molar-refractivity contribution in [2.24, 2.45) is 0 Å². The van der Waals surface area contributed by atoms with Gasteiger partial charge in [-0.15, -0.1) is 0 Å². The van der Waals surface area contributed by atoms with Crippen molar-refractivity contribution in [3.8, 4) is 0 Å². The van der Waals surface area contributed by atoms with Gasteiger partial charge in [-0.2, -0.15) is 13.2 Å². The van der Waals surface area contributed by atoms with Gasteiger partial charge < -0.3 is 5.32 Å². The number of hydrogen-bond donors (Lipinski definition) is 1. The summed E-state index contributed by atoms with van der Waals surface area (Å²) in [5, 5.41) is -2.54. The van der Waals surface area contributed by atoms with E-state index in [2.05, 4.69) is 11.6 Å². The van der Waals surface area contributed by atoms with Crippen molar-refractivity contribution in [3.63, 3.8) is 0 Å². The summed E-state index contributed by atoms with van der Waals surface area (Å²) in [5.74, 6) is -1.92. The van der Waals surface area contributed by atoms with Crippen molar-refractivity contribution < 1.29 is 22.4 Å². The monoisotopic (exact) mass is 283 g/mol. The molecular weight excluding hydrogens is 274 g/mol. The zero-order chi connectivity index (χ0) is 14.0. The van der Waals surface area contributed by atoms with E-state index in [9.17, 15) is 22.4 Å². The fourth-order valence-corrected chi connectivity index (χ4v) is 1.30. The molecule has 0 spiro atoms. The SMILES string of the molecule is C[C@H](NC(=O)[C@](F)(Cl)C(F)(F)F)c1ccccc1. The Morgan fingerprint density at radius 1 is 1.22 bits per heavy atom. The Balaban J connectivity index is 2.78. The van der Waals surface area contributed by atoms with Gasteiger partial charge in [0.2, 0.25) is 0 Å². The Kier molecular flexibility index (Phi) is 4.21. The number of carbonyl (C=O) groups is 1. The topological polar surface area (TPSA) is 29.1 Å². The number of nitrogens with one attached hydrogen (secondary N) is 1. The molecule has 0 unspecified atom stereocenters. The van der Waals surface area contributed by atoms with Crippen LogP contribution in [0.25, 0.3) is 0 Å². The van der Waals surface area contributed by atoms with Crippen LogP contribution in [0, 0.1) is 0 Å². The fourth-order valence-electron chi connectivity index (χ4n) is 1.24. The zero-order valence-corrected chi connectivity index (χ0v) is 10.0. The minimum atomic E-state index is -5.46. The molecule has 2 atom stereocenters. The molecular formula is C11H10ClF4NO. The molecule has 1 rings (SSSR count). The molecule has 0 bridgehead atoms. The minimum Gasteiger partial charge on any atom is -0.345 e. The summed E-state index contributed by atoms with van der Waals surface area (Å²) < 4.78 is 49.6. The van der Waals surface area contributed by atoms with Gasteiger partial charge in [-0.1, -0.05) is 41.9 Å². The van der Waals surface area contributed by atoms with Crippen molar-refractivity contribution in [1.82, 2.24) is 5.32 Å². The smallest absolute Gasteiger partial charge is 0.345 e. The quantitative estimate of drug-likeness (QED) is 0.669. The van der Waals surface area contributed by atoms with Gasteiger partial charge in [-0.3, -0.25) is 4.79 Å². The summed E-state index contributed by atoms with van der Waals surface area (Å²) in [4.78, 5) is 11.2. The second kappa shape index (κ2) is 5.14. The van der Waals surface area contributed by atoms with Crippen molar-refractivity contribution in [3.05, 3.63) is 35.9 Å². The van der Waals surface area contributed by atoms with Gasteiger partial charge in [0.05, 0.1) is 6.04 Å². The molecule has 7 heteroatoms. The molecule has 1 amide bonds. The molecule has 0 saturated heterocycles. The predicted molar refractivity (Wildman–Crippen MR) is 58.7 cm³/mol. The van der Waals surface area contributed by atoms with Gasteiger partial charge in [-0.05, 0) is 12.5 Å². The second-order valence-corrected chi connectivity index (χ2v) is 4.20. The van der Waals surface area contributed by atoms with Crippen LogP contribution >= 0.6 is 11.6 Å². The molecule has 18 heavy (non-hydrogen) atoms. The molecule has 2 nitrogen and oxygen atoms in total. The highest BCUT2D eigenvalue weighted by atomic mass is 35.5. The summed E-state index contributed by atoms with van der Waals surface area (Å²) in [6.07, 6.45) is -5.46. The third-order valence-electron chi connectivity index (χ3n) is 2.29. The zero-order valence-electron chi connectivity index (χ0n) is 9.26. The number of hydrogen-bond acceptors (Lipinski definition) is 1. The first-order valence-electron chi connectivity index (χ1n) is 4.96. The largest absolute Gasteiger partial charge is 0.446 e. The summed E-state index contributed by atoms with van der Waals surface area (Å²) in [5.41, 5.74) is 0.542. The van der Waals surface area contributed by atoms with E-state index in [0.29, 0.717) is 5.56 Å². The van der Waals surface area contributed by atoms with E-state index in [1.54, 1.807) is 30.3 Å². The van der Waals surface area contributed by atoms with E-state index in [-0.39, 0.29) is 0 Å². The van der Waals surface area contributed by atoms with Crippen LogP contribution in [0.4, 0.5) is 17.6 Å². The lowest BCUT2D eigenvalue weighted by Crippen LogP contribution is -2.50. The lowest BCUT2D eigenvalue weighted by Gasteiger charge is -2.23. The summed E-state index contributed by atoms with van der Waals surface area (Å²) in [7, 11) is 0. The third-order valence-corrected chi connectivity index (χ3v) is 2.67. The van der Waals surface area contributed by atoms with Crippen molar-refractivity contribution in [1.29, 1.82) is 0 Å². The summed E-state index contributed by atoms with van der Waals surface area (Å²) in [6.45, 7) is 1.43. The van der Waals surface area contributed by atoms with Crippen LogP contribution < -0.4 is 5.32 Å². The van der Waals surface area contributed by atoms with Crippen molar-refractivity contribution >= 4 is 17.5 Å². The van der Waals surface area contributed by atoms with Gasteiger partial charge in [0, 0.05) is 0 Å². The molecule has 100 valence electrons. The maximum absolute atomic E-state index is 13.1. The molecule has 0 radical (unpaired) electrons. The van der Waals surface area contributed by atoms with Crippen LogP contribution in [-0.2, 0) is 4.79 Å². The maximum Gasteiger partial charge on any atom is 0.446 e. The average molecular weight is 284 g/mol.